The van der Waals surface area contributed by atoms with Crippen LogP contribution in [0, 0.1) is 5.82 Å². The molecule has 0 heterocycles. The SMILES string of the molecule is CCOC(=O)C(N)Cc1cc(Br)c(F)cc1O. The molecule has 0 saturated carbocycles. The highest BCUT2D eigenvalue weighted by Crippen LogP contribution is 2.26. The van der Waals surface area contributed by atoms with Crippen molar-refractivity contribution in [1.82, 2.24) is 0 Å². The molecule has 94 valence electrons. The summed E-state index contributed by atoms with van der Waals surface area (Å²) in [7, 11) is 0. The minimum Gasteiger partial charge on any atom is -0.508 e. The van der Waals surface area contributed by atoms with Crippen LogP contribution in [0.3, 0.4) is 0 Å². The second-order valence-corrected chi connectivity index (χ2v) is 4.31. The Kier molecular flexibility index (Phi) is 4.89. The van der Waals surface area contributed by atoms with E-state index in [1.54, 1.807) is 6.92 Å². The summed E-state index contributed by atoms with van der Waals surface area (Å²) in [6, 6.07) is 1.49. The predicted molar refractivity (Wildman–Crippen MR) is 64.1 cm³/mol. The molecule has 0 radical (unpaired) electrons. The maximum absolute atomic E-state index is 13.0. The van der Waals surface area contributed by atoms with Gasteiger partial charge in [-0.2, -0.15) is 0 Å². The fourth-order valence-electron chi connectivity index (χ4n) is 1.31. The van der Waals surface area contributed by atoms with Gasteiger partial charge in [0.2, 0.25) is 0 Å². The van der Waals surface area contributed by atoms with Gasteiger partial charge in [0.05, 0.1) is 11.1 Å². The number of hydrogen-bond acceptors (Lipinski definition) is 4. The zero-order valence-corrected chi connectivity index (χ0v) is 10.8. The number of rotatable bonds is 4. The van der Waals surface area contributed by atoms with Crippen LogP contribution in [-0.2, 0) is 16.0 Å². The molecule has 0 aliphatic carbocycles. The fraction of sp³-hybridized carbons (Fsp3) is 0.364. The lowest BCUT2D eigenvalue weighted by atomic mass is 10.1. The molecular formula is C11H13BrFNO3. The monoisotopic (exact) mass is 305 g/mol. The van der Waals surface area contributed by atoms with E-state index in [0.29, 0.717) is 5.56 Å². The van der Waals surface area contributed by atoms with E-state index < -0.39 is 17.8 Å². The Labute approximate surface area is 107 Å². The molecule has 1 aromatic carbocycles. The zero-order valence-electron chi connectivity index (χ0n) is 9.24. The van der Waals surface area contributed by atoms with Crippen LogP contribution in [0.1, 0.15) is 12.5 Å². The fourth-order valence-corrected chi connectivity index (χ4v) is 1.70. The van der Waals surface area contributed by atoms with Gasteiger partial charge in [0.15, 0.2) is 0 Å². The molecule has 1 unspecified atom stereocenters. The van der Waals surface area contributed by atoms with Crippen molar-refractivity contribution in [3.63, 3.8) is 0 Å². The van der Waals surface area contributed by atoms with Gasteiger partial charge in [0.25, 0.3) is 0 Å². The largest absolute Gasteiger partial charge is 0.508 e. The third-order valence-corrected chi connectivity index (χ3v) is 2.76. The smallest absolute Gasteiger partial charge is 0.323 e. The molecule has 17 heavy (non-hydrogen) atoms. The summed E-state index contributed by atoms with van der Waals surface area (Å²) < 4.78 is 18.0. The Morgan fingerprint density at radius 2 is 2.29 bits per heavy atom. The molecule has 0 aliphatic heterocycles. The van der Waals surface area contributed by atoms with Crippen LogP contribution >= 0.6 is 15.9 Å². The number of phenolic OH excluding ortho intramolecular Hbond substituents is 1. The molecule has 0 aliphatic rings. The Hall–Kier alpha value is -1.14. The second-order valence-electron chi connectivity index (χ2n) is 3.46. The standard InChI is InChI=1S/C11H13BrFNO3/c1-2-17-11(16)9(14)4-6-3-7(12)8(13)5-10(6)15/h3,5,9,15H,2,4,14H2,1H3. The van der Waals surface area contributed by atoms with Crippen molar-refractivity contribution in [3.8, 4) is 5.75 Å². The first-order chi connectivity index (χ1) is 7.95. The van der Waals surface area contributed by atoms with Crippen molar-refractivity contribution in [3.05, 3.63) is 28.0 Å². The minimum absolute atomic E-state index is 0.0869. The molecule has 0 saturated heterocycles. The van der Waals surface area contributed by atoms with Crippen LogP contribution in [0.4, 0.5) is 4.39 Å². The van der Waals surface area contributed by atoms with E-state index in [2.05, 4.69) is 15.9 Å². The normalized spacial score (nSPS) is 12.2. The van der Waals surface area contributed by atoms with Crippen LogP contribution in [0.15, 0.2) is 16.6 Å². The van der Waals surface area contributed by atoms with E-state index >= 15 is 0 Å². The van der Waals surface area contributed by atoms with E-state index in [0.717, 1.165) is 6.07 Å². The van der Waals surface area contributed by atoms with E-state index in [4.69, 9.17) is 10.5 Å². The molecule has 0 spiro atoms. The summed E-state index contributed by atoms with van der Waals surface area (Å²) in [5.74, 6) is -1.35. The highest BCUT2D eigenvalue weighted by atomic mass is 79.9. The number of aromatic hydroxyl groups is 1. The van der Waals surface area contributed by atoms with Gasteiger partial charge in [-0.25, -0.2) is 4.39 Å². The Balaban J connectivity index is 2.81. The summed E-state index contributed by atoms with van der Waals surface area (Å²) in [6.45, 7) is 1.92. The number of carbonyl (C=O) groups excluding carboxylic acids is 1. The van der Waals surface area contributed by atoms with Gasteiger partial charge < -0.3 is 15.6 Å². The van der Waals surface area contributed by atoms with Gasteiger partial charge in [-0.1, -0.05) is 0 Å². The van der Waals surface area contributed by atoms with Crippen molar-refractivity contribution in [2.45, 2.75) is 19.4 Å². The lowest BCUT2D eigenvalue weighted by Gasteiger charge is -2.12. The van der Waals surface area contributed by atoms with E-state index in [-0.39, 0.29) is 23.2 Å². The van der Waals surface area contributed by atoms with E-state index in [1.807, 2.05) is 0 Å². The van der Waals surface area contributed by atoms with Crippen LogP contribution in [0.2, 0.25) is 0 Å². The van der Waals surface area contributed by atoms with Crippen molar-refractivity contribution in [2.75, 3.05) is 6.61 Å². The number of benzene rings is 1. The number of ether oxygens (including phenoxy) is 1. The lowest BCUT2D eigenvalue weighted by Crippen LogP contribution is -2.34. The van der Waals surface area contributed by atoms with Gasteiger partial charge in [-0.3, -0.25) is 4.79 Å². The van der Waals surface area contributed by atoms with Gasteiger partial charge >= 0.3 is 5.97 Å². The van der Waals surface area contributed by atoms with Gasteiger partial charge in [-0.05, 0) is 34.5 Å². The third kappa shape index (κ3) is 3.67. The molecule has 1 atom stereocenters. The first-order valence-corrected chi connectivity index (χ1v) is 5.84. The highest BCUT2D eigenvalue weighted by Gasteiger charge is 2.18. The number of hydrogen-bond donors (Lipinski definition) is 2. The summed E-state index contributed by atoms with van der Waals surface area (Å²) in [4.78, 5) is 11.3. The van der Waals surface area contributed by atoms with Gasteiger partial charge in [0, 0.05) is 12.5 Å². The lowest BCUT2D eigenvalue weighted by molar-refractivity contribution is -0.144. The summed E-state index contributed by atoms with van der Waals surface area (Å²) in [6.07, 6.45) is 0.0869. The summed E-state index contributed by atoms with van der Waals surface area (Å²) in [5.41, 5.74) is 5.99. The van der Waals surface area contributed by atoms with Crippen LogP contribution in [0.25, 0.3) is 0 Å². The predicted octanol–water partition coefficient (Wildman–Crippen LogP) is 1.73. The average Bonchev–Trinajstić information content (AvgIpc) is 2.26. The Morgan fingerprint density at radius 3 is 2.88 bits per heavy atom. The topological polar surface area (TPSA) is 72.5 Å². The number of nitrogens with two attached hydrogens (primary N) is 1. The van der Waals surface area contributed by atoms with Crippen molar-refractivity contribution < 1.29 is 19.0 Å². The maximum atomic E-state index is 13.0. The average molecular weight is 306 g/mol. The molecule has 6 heteroatoms. The van der Waals surface area contributed by atoms with Crippen molar-refractivity contribution in [2.24, 2.45) is 5.73 Å². The number of esters is 1. The zero-order chi connectivity index (χ0) is 13.0. The molecule has 0 amide bonds. The Bertz CT molecular complexity index is 425. The van der Waals surface area contributed by atoms with Gasteiger partial charge in [0.1, 0.15) is 17.6 Å². The molecule has 3 N–H and O–H groups in total. The van der Waals surface area contributed by atoms with Crippen LogP contribution < -0.4 is 5.73 Å². The molecule has 1 rings (SSSR count). The molecule has 1 aromatic rings. The van der Waals surface area contributed by atoms with E-state index in [1.165, 1.54) is 6.07 Å². The Morgan fingerprint density at radius 1 is 1.65 bits per heavy atom. The minimum atomic E-state index is -0.877. The molecule has 4 nitrogen and oxygen atoms in total. The van der Waals surface area contributed by atoms with Gasteiger partial charge in [-0.15, -0.1) is 0 Å². The third-order valence-electron chi connectivity index (χ3n) is 2.15. The van der Waals surface area contributed by atoms with E-state index in [9.17, 15) is 14.3 Å². The molecular weight excluding hydrogens is 293 g/mol. The first kappa shape index (κ1) is 13.9. The molecule has 0 fully saturated rings. The van der Waals surface area contributed by atoms with Crippen molar-refractivity contribution >= 4 is 21.9 Å². The highest BCUT2D eigenvalue weighted by molar-refractivity contribution is 9.10. The first-order valence-electron chi connectivity index (χ1n) is 5.04. The summed E-state index contributed by atoms with van der Waals surface area (Å²) in [5, 5.41) is 9.51. The van der Waals surface area contributed by atoms with Crippen LogP contribution in [-0.4, -0.2) is 23.7 Å². The quantitative estimate of drug-likeness (QED) is 0.831. The number of carbonyl (C=O) groups is 1. The number of phenols is 1. The van der Waals surface area contributed by atoms with Crippen molar-refractivity contribution in [1.29, 1.82) is 0 Å². The number of halogens is 2. The molecule has 0 aromatic heterocycles. The molecule has 0 bridgehead atoms. The summed E-state index contributed by atoms with van der Waals surface area (Å²) >= 11 is 2.99. The maximum Gasteiger partial charge on any atom is 0.323 e. The second kappa shape index (κ2) is 5.97. The van der Waals surface area contributed by atoms with Crippen LogP contribution in [0.5, 0.6) is 5.75 Å².